The summed E-state index contributed by atoms with van der Waals surface area (Å²) in [5.74, 6) is 0.611. The maximum Gasteiger partial charge on any atom is 0.256 e. The number of nitrogens with one attached hydrogen (secondary N) is 1. The monoisotopic (exact) mass is 356 g/mol. The second-order valence-corrected chi connectivity index (χ2v) is 7.77. The zero-order chi connectivity index (χ0) is 18.1. The first-order valence-electron chi connectivity index (χ1n) is 9.65. The van der Waals surface area contributed by atoms with Crippen LogP contribution in [0.2, 0.25) is 0 Å². The number of piperazine rings is 1. The highest BCUT2D eigenvalue weighted by Crippen LogP contribution is 2.25. The second-order valence-electron chi connectivity index (χ2n) is 7.77. The third-order valence-electron chi connectivity index (χ3n) is 5.71. The van der Waals surface area contributed by atoms with Gasteiger partial charge in [0.25, 0.3) is 5.91 Å². The van der Waals surface area contributed by atoms with Gasteiger partial charge < -0.3 is 10.2 Å². The van der Waals surface area contributed by atoms with E-state index in [4.69, 9.17) is 0 Å². The lowest BCUT2D eigenvalue weighted by Gasteiger charge is -2.32. The van der Waals surface area contributed by atoms with Gasteiger partial charge in [0, 0.05) is 51.2 Å². The van der Waals surface area contributed by atoms with E-state index in [0.29, 0.717) is 23.7 Å². The van der Waals surface area contributed by atoms with Gasteiger partial charge in [-0.2, -0.15) is 5.10 Å². The minimum Gasteiger partial charge on any atom is -0.351 e. The average molecular weight is 356 g/mol. The van der Waals surface area contributed by atoms with Crippen LogP contribution < -0.4 is 5.32 Å². The first-order chi connectivity index (χ1) is 12.6. The minimum absolute atomic E-state index is 0.0780. The maximum absolute atomic E-state index is 12.6. The van der Waals surface area contributed by atoms with Crippen molar-refractivity contribution in [3.63, 3.8) is 0 Å². The lowest BCUT2D eigenvalue weighted by Crippen LogP contribution is -2.46. The molecule has 1 aliphatic heterocycles. The number of aryl methyl sites for hydroxylation is 1. The molecule has 0 aromatic carbocycles. The van der Waals surface area contributed by atoms with Crippen molar-refractivity contribution in [1.82, 2.24) is 29.7 Å². The van der Waals surface area contributed by atoms with Crippen molar-refractivity contribution in [2.24, 2.45) is 5.92 Å². The fourth-order valence-corrected chi connectivity index (χ4v) is 3.97. The summed E-state index contributed by atoms with van der Waals surface area (Å²) in [6.07, 6.45) is 6.81. The molecule has 7 nitrogen and oxygen atoms in total. The first kappa shape index (κ1) is 17.4. The molecule has 3 heterocycles. The Kier molecular flexibility index (Phi) is 4.91. The van der Waals surface area contributed by atoms with Gasteiger partial charge in [-0.15, -0.1) is 0 Å². The zero-order valence-electron chi connectivity index (χ0n) is 15.7. The fourth-order valence-electron chi connectivity index (χ4n) is 3.97. The number of fused-ring (bicyclic) bond motifs is 3. The Balaban J connectivity index is 1.41. The highest BCUT2D eigenvalue weighted by molar-refractivity contribution is 5.99. The standard InChI is InChI=1S/C19H28N6O/c1-14-3-4-17-15(11-14)12-21-18-16(13-22-25(17)18)19(26)20-5-6-24-9-7-23(2)8-10-24/h12-14H,3-11H2,1-2H3,(H,20,26)/t14-/m1/s1. The largest absolute Gasteiger partial charge is 0.351 e. The summed E-state index contributed by atoms with van der Waals surface area (Å²) in [7, 11) is 2.15. The third-order valence-corrected chi connectivity index (χ3v) is 5.71. The normalized spacial score (nSPS) is 21.7. The van der Waals surface area contributed by atoms with E-state index in [1.54, 1.807) is 6.20 Å². The van der Waals surface area contributed by atoms with E-state index in [0.717, 1.165) is 45.6 Å². The van der Waals surface area contributed by atoms with Gasteiger partial charge in [-0.1, -0.05) is 6.92 Å². The molecule has 0 radical (unpaired) electrons. The summed E-state index contributed by atoms with van der Waals surface area (Å²) in [5, 5.41) is 7.50. The molecule has 2 aliphatic rings. The van der Waals surface area contributed by atoms with E-state index in [1.807, 2.05) is 10.7 Å². The Morgan fingerprint density at radius 1 is 1.27 bits per heavy atom. The minimum atomic E-state index is -0.0780. The van der Waals surface area contributed by atoms with Crippen molar-refractivity contribution in [1.29, 1.82) is 0 Å². The maximum atomic E-state index is 12.6. The number of likely N-dealkylation sites (N-methyl/N-ethyl adjacent to an activating group) is 1. The Bertz CT molecular complexity index is 793. The molecule has 26 heavy (non-hydrogen) atoms. The summed E-state index contributed by atoms with van der Waals surface area (Å²) >= 11 is 0. The van der Waals surface area contributed by atoms with Crippen LogP contribution in [-0.4, -0.2) is 76.6 Å². The Labute approximate surface area is 154 Å². The Morgan fingerprint density at radius 2 is 2.08 bits per heavy atom. The van der Waals surface area contributed by atoms with Gasteiger partial charge in [0.2, 0.25) is 0 Å². The molecule has 1 N–H and O–H groups in total. The molecule has 1 fully saturated rings. The number of carbonyl (C=O) groups excluding carboxylic acids is 1. The van der Waals surface area contributed by atoms with Crippen LogP contribution in [0, 0.1) is 5.92 Å². The van der Waals surface area contributed by atoms with Gasteiger partial charge in [-0.3, -0.25) is 9.69 Å². The molecule has 1 aliphatic carbocycles. The van der Waals surface area contributed by atoms with E-state index in [2.05, 4.69) is 39.2 Å². The summed E-state index contributed by atoms with van der Waals surface area (Å²) in [4.78, 5) is 21.9. The van der Waals surface area contributed by atoms with Crippen LogP contribution in [0.15, 0.2) is 12.4 Å². The van der Waals surface area contributed by atoms with Crippen LogP contribution in [0.4, 0.5) is 0 Å². The molecule has 4 rings (SSSR count). The number of aromatic nitrogens is 3. The van der Waals surface area contributed by atoms with Crippen LogP contribution in [0.1, 0.15) is 35.0 Å². The number of nitrogens with zero attached hydrogens (tertiary/aromatic N) is 5. The van der Waals surface area contributed by atoms with Gasteiger partial charge in [-0.25, -0.2) is 9.50 Å². The first-order valence-corrected chi connectivity index (χ1v) is 9.65. The molecule has 1 amide bonds. The number of carbonyl (C=O) groups is 1. The summed E-state index contributed by atoms with van der Waals surface area (Å²) in [5.41, 5.74) is 3.73. The lowest BCUT2D eigenvalue weighted by molar-refractivity contribution is 0.0942. The van der Waals surface area contributed by atoms with Crippen molar-refractivity contribution < 1.29 is 4.79 Å². The molecular formula is C19H28N6O. The number of amides is 1. The predicted octanol–water partition coefficient (Wildman–Crippen LogP) is 0.831. The molecule has 0 bridgehead atoms. The van der Waals surface area contributed by atoms with Crippen molar-refractivity contribution >= 4 is 11.6 Å². The highest BCUT2D eigenvalue weighted by Gasteiger charge is 2.22. The van der Waals surface area contributed by atoms with Gasteiger partial charge >= 0.3 is 0 Å². The summed E-state index contributed by atoms with van der Waals surface area (Å²) in [6, 6.07) is 0. The number of hydrogen-bond donors (Lipinski definition) is 1. The van der Waals surface area contributed by atoms with Crippen LogP contribution in [0.5, 0.6) is 0 Å². The quantitative estimate of drug-likeness (QED) is 0.879. The predicted molar refractivity (Wildman–Crippen MR) is 100 cm³/mol. The molecule has 0 unspecified atom stereocenters. The van der Waals surface area contributed by atoms with Gasteiger partial charge in [0.15, 0.2) is 5.65 Å². The van der Waals surface area contributed by atoms with Crippen LogP contribution in [0.25, 0.3) is 5.65 Å². The van der Waals surface area contributed by atoms with Crippen molar-refractivity contribution in [2.45, 2.75) is 26.2 Å². The van der Waals surface area contributed by atoms with Crippen LogP contribution in [-0.2, 0) is 12.8 Å². The van der Waals surface area contributed by atoms with Crippen LogP contribution in [0.3, 0.4) is 0 Å². The lowest BCUT2D eigenvalue weighted by atomic mass is 9.89. The Morgan fingerprint density at radius 3 is 2.88 bits per heavy atom. The number of rotatable bonds is 4. The van der Waals surface area contributed by atoms with E-state index in [-0.39, 0.29) is 5.91 Å². The van der Waals surface area contributed by atoms with Crippen molar-refractivity contribution in [3.8, 4) is 0 Å². The molecule has 0 saturated carbocycles. The van der Waals surface area contributed by atoms with Crippen molar-refractivity contribution in [3.05, 3.63) is 29.2 Å². The molecule has 1 atom stereocenters. The molecule has 2 aromatic rings. The van der Waals surface area contributed by atoms with Gasteiger partial charge in [0.05, 0.1) is 6.20 Å². The molecule has 0 spiro atoms. The van der Waals surface area contributed by atoms with Crippen LogP contribution >= 0.6 is 0 Å². The SMILES string of the molecule is C[C@@H]1CCc2c(cnc3c(C(=O)NCCN4CCN(C)CC4)cnn23)C1. The molecular weight excluding hydrogens is 328 g/mol. The molecule has 2 aromatic heterocycles. The zero-order valence-corrected chi connectivity index (χ0v) is 15.7. The molecule has 1 saturated heterocycles. The number of hydrogen-bond acceptors (Lipinski definition) is 5. The van der Waals surface area contributed by atoms with E-state index in [9.17, 15) is 4.79 Å². The average Bonchev–Trinajstić information content (AvgIpc) is 3.07. The highest BCUT2D eigenvalue weighted by atomic mass is 16.1. The smallest absolute Gasteiger partial charge is 0.256 e. The van der Waals surface area contributed by atoms with E-state index < -0.39 is 0 Å². The third kappa shape index (κ3) is 3.46. The topological polar surface area (TPSA) is 65.8 Å². The Hall–Kier alpha value is -1.99. The summed E-state index contributed by atoms with van der Waals surface area (Å²) < 4.78 is 1.87. The summed E-state index contributed by atoms with van der Waals surface area (Å²) in [6.45, 7) is 8.13. The van der Waals surface area contributed by atoms with E-state index in [1.165, 1.54) is 17.7 Å². The fraction of sp³-hybridized carbons (Fsp3) is 0.632. The molecule has 7 heteroatoms. The van der Waals surface area contributed by atoms with Gasteiger partial charge in [0.1, 0.15) is 5.56 Å². The van der Waals surface area contributed by atoms with Crippen molar-refractivity contribution in [2.75, 3.05) is 46.3 Å². The van der Waals surface area contributed by atoms with E-state index >= 15 is 0 Å². The second kappa shape index (κ2) is 7.32. The van der Waals surface area contributed by atoms with Gasteiger partial charge in [-0.05, 0) is 37.8 Å². The molecule has 140 valence electrons.